The van der Waals surface area contributed by atoms with Crippen LogP contribution in [0.2, 0.25) is 0 Å². The molecule has 0 aliphatic rings. The highest BCUT2D eigenvalue weighted by Gasteiger charge is 2.26. The highest BCUT2D eigenvalue weighted by atomic mass is 31.2. The summed E-state index contributed by atoms with van der Waals surface area (Å²) in [6.45, 7) is 5.43. The van der Waals surface area contributed by atoms with E-state index in [2.05, 4.69) is 98.9 Å². The molecular formula is C53H95NO7P+. The van der Waals surface area contributed by atoms with Crippen molar-refractivity contribution in [1.29, 1.82) is 0 Å². The van der Waals surface area contributed by atoms with Crippen molar-refractivity contribution in [3.05, 3.63) is 85.1 Å². The standard InChI is InChI=1S/C53H94NO7P/c1-6-8-10-12-14-16-18-20-22-24-26-27-28-30-32-34-36-38-40-42-44-46-53(55)61-52(51-60-62(56,57)59-49-47-54(3,4)5)50-58-48-45-43-41-39-37-35-33-31-29-25-23-21-19-17-15-13-11-9-7-2/h8,10,14,16,20,22-23,25-27,30,32,36,38,52H,6-7,9,11-13,15,17-19,21,24,28-29,31,33-35,37,39-51H2,1-5H3/p+1/b10-8-,16-14-,22-20-,25-23-,27-26-,32-30-,38-36-. The van der Waals surface area contributed by atoms with E-state index in [-0.39, 0.29) is 32.2 Å². The average molecular weight is 889 g/mol. The molecule has 0 fully saturated rings. The van der Waals surface area contributed by atoms with Gasteiger partial charge < -0.3 is 18.9 Å². The quantitative estimate of drug-likeness (QED) is 0.0214. The van der Waals surface area contributed by atoms with E-state index in [9.17, 15) is 14.3 Å². The van der Waals surface area contributed by atoms with E-state index in [4.69, 9.17) is 18.5 Å². The van der Waals surface area contributed by atoms with Gasteiger partial charge in [-0.05, 0) is 89.9 Å². The van der Waals surface area contributed by atoms with E-state index in [0.717, 1.165) is 64.2 Å². The van der Waals surface area contributed by atoms with Crippen LogP contribution in [0.25, 0.3) is 0 Å². The maximum Gasteiger partial charge on any atom is 0.472 e. The Morgan fingerprint density at radius 1 is 0.516 bits per heavy atom. The molecule has 2 unspecified atom stereocenters. The highest BCUT2D eigenvalue weighted by Crippen LogP contribution is 2.43. The molecule has 0 radical (unpaired) electrons. The van der Waals surface area contributed by atoms with E-state index in [1.54, 1.807) is 0 Å². The van der Waals surface area contributed by atoms with E-state index in [1.165, 1.54) is 96.3 Å². The molecule has 0 aromatic carbocycles. The number of rotatable bonds is 45. The van der Waals surface area contributed by atoms with E-state index < -0.39 is 13.9 Å². The summed E-state index contributed by atoms with van der Waals surface area (Å²) in [6, 6.07) is 0. The van der Waals surface area contributed by atoms with Gasteiger partial charge in [0.1, 0.15) is 19.3 Å². The number of nitrogens with zero attached hydrogens (tertiary/aromatic N) is 1. The second kappa shape index (κ2) is 45.3. The van der Waals surface area contributed by atoms with Crippen LogP contribution in [0.3, 0.4) is 0 Å². The lowest BCUT2D eigenvalue weighted by molar-refractivity contribution is -0.870. The van der Waals surface area contributed by atoms with Gasteiger partial charge in [-0.25, -0.2) is 4.57 Å². The molecular weight excluding hydrogens is 794 g/mol. The fourth-order valence-electron chi connectivity index (χ4n) is 6.37. The van der Waals surface area contributed by atoms with Gasteiger partial charge in [0.25, 0.3) is 0 Å². The summed E-state index contributed by atoms with van der Waals surface area (Å²) < 4.78 is 35.1. The highest BCUT2D eigenvalue weighted by molar-refractivity contribution is 7.47. The van der Waals surface area contributed by atoms with Crippen molar-refractivity contribution in [1.82, 2.24) is 0 Å². The third kappa shape index (κ3) is 48.7. The Morgan fingerprint density at radius 3 is 1.42 bits per heavy atom. The number of carbonyl (C=O) groups is 1. The Labute approximate surface area is 382 Å². The monoisotopic (exact) mass is 889 g/mol. The van der Waals surface area contributed by atoms with Gasteiger partial charge >= 0.3 is 13.8 Å². The Balaban J connectivity index is 4.28. The number of esters is 1. The third-order valence-corrected chi connectivity index (χ3v) is 11.2. The maximum atomic E-state index is 12.7. The molecule has 358 valence electrons. The number of ether oxygens (including phenoxy) is 2. The minimum Gasteiger partial charge on any atom is -0.457 e. The molecule has 0 spiro atoms. The number of phosphoric ester groups is 1. The van der Waals surface area contributed by atoms with E-state index in [0.29, 0.717) is 24.1 Å². The van der Waals surface area contributed by atoms with Gasteiger partial charge in [0.05, 0.1) is 34.4 Å². The van der Waals surface area contributed by atoms with Crippen molar-refractivity contribution in [2.75, 3.05) is 54.1 Å². The maximum absolute atomic E-state index is 12.7. The summed E-state index contributed by atoms with van der Waals surface area (Å²) in [5.41, 5.74) is 0. The molecule has 62 heavy (non-hydrogen) atoms. The number of unbranched alkanes of at least 4 members (excludes halogenated alkanes) is 17. The van der Waals surface area contributed by atoms with Crippen molar-refractivity contribution in [2.45, 2.75) is 193 Å². The zero-order valence-corrected chi connectivity index (χ0v) is 41.5. The number of phosphoric acid groups is 1. The topological polar surface area (TPSA) is 91.3 Å². The first-order valence-electron chi connectivity index (χ1n) is 24.8. The first-order chi connectivity index (χ1) is 30.1. The Morgan fingerprint density at radius 2 is 0.935 bits per heavy atom. The second-order valence-electron chi connectivity index (χ2n) is 17.5. The van der Waals surface area contributed by atoms with Crippen LogP contribution in [0.1, 0.15) is 187 Å². The largest absolute Gasteiger partial charge is 0.472 e. The molecule has 8 nitrogen and oxygen atoms in total. The van der Waals surface area contributed by atoms with Crippen LogP contribution in [-0.2, 0) is 27.9 Å². The van der Waals surface area contributed by atoms with Crippen LogP contribution in [0, 0.1) is 0 Å². The lowest BCUT2D eigenvalue weighted by Gasteiger charge is -2.24. The number of quaternary nitrogens is 1. The van der Waals surface area contributed by atoms with E-state index >= 15 is 0 Å². The van der Waals surface area contributed by atoms with E-state index in [1.807, 2.05) is 21.1 Å². The van der Waals surface area contributed by atoms with Gasteiger partial charge in [-0.15, -0.1) is 0 Å². The van der Waals surface area contributed by atoms with Crippen molar-refractivity contribution in [3.63, 3.8) is 0 Å². The molecule has 0 bridgehead atoms. The van der Waals surface area contributed by atoms with Crippen molar-refractivity contribution in [2.24, 2.45) is 0 Å². The van der Waals surface area contributed by atoms with Crippen LogP contribution < -0.4 is 0 Å². The first kappa shape index (κ1) is 59.7. The normalized spacial score (nSPS) is 14.4. The van der Waals surface area contributed by atoms with Gasteiger partial charge in [-0.2, -0.15) is 0 Å². The molecule has 0 aliphatic carbocycles. The molecule has 0 aromatic rings. The van der Waals surface area contributed by atoms with Crippen molar-refractivity contribution >= 4 is 13.8 Å². The summed E-state index contributed by atoms with van der Waals surface area (Å²) in [4.78, 5) is 23.0. The fourth-order valence-corrected chi connectivity index (χ4v) is 7.12. The molecule has 1 N–H and O–H groups in total. The van der Waals surface area contributed by atoms with Gasteiger partial charge in [-0.1, -0.05) is 176 Å². The molecule has 0 saturated heterocycles. The SMILES string of the molecule is CC/C=C\C/C=C\C/C=C\C/C=C\C/C=C\C/C=C\CCCCC(=O)OC(COCCCCCCCCCC/C=C\CCCCCCCCC)COP(=O)(O)OCC[N+](C)(C)C. The lowest BCUT2D eigenvalue weighted by atomic mass is 10.1. The number of hydrogen-bond donors (Lipinski definition) is 1. The zero-order chi connectivity index (χ0) is 45.5. The van der Waals surface area contributed by atoms with Gasteiger partial charge in [-0.3, -0.25) is 13.8 Å². The molecule has 0 rings (SSSR count). The number of carbonyl (C=O) groups excluding carboxylic acids is 1. The first-order valence-corrected chi connectivity index (χ1v) is 26.3. The van der Waals surface area contributed by atoms with Crippen LogP contribution in [0.5, 0.6) is 0 Å². The van der Waals surface area contributed by atoms with Gasteiger partial charge in [0.2, 0.25) is 0 Å². The Hall–Kier alpha value is -2.32. The fraction of sp³-hybridized carbons (Fsp3) is 0.717. The molecule has 0 aliphatic heterocycles. The van der Waals surface area contributed by atoms with Crippen molar-refractivity contribution < 1.29 is 37.3 Å². The predicted molar refractivity (Wildman–Crippen MR) is 265 cm³/mol. The Kier molecular flexibility index (Phi) is 43.6. The minimum atomic E-state index is -4.30. The molecule has 2 atom stereocenters. The third-order valence-electron chi connectivity index (χ3n) is 10.2. The summed E-state index contributed by atoms with van der Waals surface area (Å²) in [5, 5.41) is 0. The molecule has 0 aromatic heterocycles. The predicted octanol–water partition coefficient (Wildman–Crippen LogP) is 15.2. The number of allylic oxidation sites excluding steroid dienone is 14. The number of likely N-dealkylation sites (N-methyl/N-ethyl adjacent to an activating group) is 1. The van der Waals surface area contributed by atoms with Gasteiger partial charge in [0.15, 0.2) is 0 Å². The average Bonchev–Trinajstić information content (AvgIpc) is 3.23. The molecule has 0 amide bonds. The number of hydrogen-bond acceptors (Lipinski definition) is 6. The van der Waals surface area contributed by atoms with Crippen molar-refractivity contribution in [3.8, 4) is 0 Å². The lowest BCUT2D eigenvalue weighted by Crippen LogP contribution is -2.37. The summed E-state index contributed by atoms with van der Waals surface area (Å²) >= 11 is 0. The Bertz CT molecular complexity index is 1260. The van der Waals surface area contributed by atoms with Gasteiger partial charge in [0, 0.05) is 13.0 Å². The molecule has 9 heteroatoms. The minimum absolute atomic E-state index is 0.0751. The van der Waals surface area contributed by atoms with Crippen LogP contribution in [0.15, 0.2) is 85.1 Å². The van der Waals surface area contributed by atoms with Crippen LogP contribution in [0.4, 0.5) is 0 Å². The van der Waals surface area contributed by atoms with Crippen LogP contribution in [-0.4, -0.2) is 75.6 Å². The van der Waals surface area contributed by atoms with Crippen LogP contribution >= 0.6 is 7.82 Å². The zero-order valence-electron chi connectivity index (χ0n) is 40.6. The smallest absolute Gasteiger partial charge is 0.457 e. The summed E-state index contributed by atoms with van der Waals surface area (Å²) in [5.74, 6) is -0.358. The summed E-state index contributed by atoms with van der Waals surface area (Å²) in [6.07, 6.45) is 60.6. The summed E-state index contributed by atoms with van der Waals surface area (Å²) in [7, 11) is 1.63. The molecule has 0 heterocycles. The molecule has 0 saturated carbocycles. The second-order valence-corrected chi connectivity index (χ2v) is 18.9.